The molecule has 1 saturated carbocycles. The molecule has 1 fully saturated rings. The summed E-state index contributed by atoms with van der Waals surface area (Å²) in [6, 6.07) is 5.69. The molecule has 0 spiro atoms. The molecule has 1 aromatic carbocycles. The molecule has 23 heavy (non-hydrogen) atoms. The molecule has 2 aromatic rings. The molecule has 1 aromatic heterocycles. The highest BCUT2D eigenvalue weighted by molar-refractivity contribution is 9.10. The molecule has 0 unspecified atom stereocenters. The van der Waals surface area contributed by atoms with Gasteiger partial charge >= 0.3 is 0 Å². The molecule has 1 aliphatic rings. The fraction of sp³-hybridized carbons (Fsp3) is 0.471. The van der Waals surface area contributed by atoms with Crippen molar-refractivity contribution in [2.45, 2.75) is 38.0 Å². The van der Waals surface area contributed by atoms with Crippen LogP contribution in [0.25, 0.3) is 10.9 Å². The number of benzene rings is 1. The monoisotopic (exact) mass is 403 g/mol. The highest BCUT2D eigenvalue weighted by atomic mass is 79.9. The van der Waals surface area contributed by atoms with E-state index in [-0.39, 0.29) is 18.8 Å². The third-order valence-corrected chi connectivity index (χ3v) is 5.39. The summed E-state index contributed by atoms with van der Waals surface area (Å²) in [7, 11) is 1.56. The van der Waals surface area contributed by atoms with Gasteiger partial charge in [0, 0.05) is 28.3 Å². The minimum atomic E-state index is -2.52. The van der Waals surface area contributed by atoms with Crippen LogP contribution in [0.15, 0.2) is 22.7 Å². The second kappa shape index (κ2) is 6.52. The van der Waals surface area contributed by atoms with E-state index < -0.39 is 5.92 Å². The quantitative estimate of drug-likeness (QED) is 0.623. The molecule has 0 bridgehead atoms. The number of rotatable bonds is 3. The van der Waals surface area contributed by atoms with Crippen molar-refractivity contribution >= 4 is 38.4 Å². The number of ether oxygens (including phenoxy) is 1. The molecule has 0 radical (unpaired) electrons. The van der Waals surface area contributed by atoms with Crippen molar-refractivity contribution in [1.29, 1.82) is 0 Å². The molecule has 0 saturated heterocycles. The van der Waals surface area contributed by atoms with Gasteiger partial charge < -0.3 is 4.74 Å². The van der Waals surface area contributed by atoms with E-state index in [0.717, 1.165) is 20.9 Å². The maximum atomic E-state index is 13.3. The van der Waals surface area contributed by atoms with Crippen LogP contribution in [0.2, 0.25) is 5.02 Å². The lowest BCUT2D eigenvalue weighted by Crippen LogP contribution is -2.25. The van der Waals surface area contributed by atoms with Crippen LogP contribution < -0.4 is 4.74 Å². The Bertz CT molecular complexity index is 728. The number of nitrogens with zero attached hydrogens (tertiary/aromatic N) is 1. The van der Waals surface area contributed by atoms with Crippen molar-refractivity contribution in [3.8, 4) is 5.88 Å². The van der Waals surface area contributed by atoms with E-state index in [1.165, 1.54) is 0 Å². The Morgan fingerprint density at radius 3 is 2.70 bits per heavy atom. The van der Waals surface area contributed by atoms with Crippen molar-refractivity contribution in [3.05, 3.63) is 33.3 Å². The molecule has 124 valence electrons. The van der Waals surface area contributed by atoms with Crippen molar-refractivity contribution in [1.82, 2.24) is 4.98 Å². The van der Waals surface area contributed by atoms with Gasteiger partial charge in [-0.1, -0.05) is 27.5 Å². The molecule has 1 aliphatic carbocycles. The zero-order valence-electron chi connectivity index (χ0n) is 12.7. The second-order valence-electron chi connectivity index (χ2n) is 6.08. The van der Waals surface area contributed by atoms with Gasteiger partial charge in [0.25, 0.3) is 0 Å². The molecule has 3 rings (SSSR count). The molecule has 1 heterocycles. The summed E-state index contributed by atoms with van der Waals surface area (Å²) in [6.45, 7) is 0. The fourth-order valence-electron chi connectivity index (χ4n) is 3.15. The van der Waals surface area contributed by atoms with E-state index in [9.17, 15) is 8.78 Å². The van der Waals surface area contributed by atoms with Gasteiger partial charge in [0.2, 0.25) is 11.8 Å². The van der Waals surface area contributed by atoms with Crippen molar-refractivity contribution in [2.75, 3.05) is 7.11 Å². The third kappa shape index (κ3) is 3.61. The predicted octanol–water partition coefficient (Wildman–Crippen LogP) is 6.03. The van der Waals surface area contributed by atoms with Crippen LogP contribution in [0.3, 0.4) is 0 Å². The normalized spacial score (nSPS) is 18.3. The Morgan fingerprint density at radius 2 is 2.04 bits per heavy atom. The zero-order valence-corrected chi connectivity index (χ0v) is 15.1. The summed E-state index contributed by atoms with van der Waals surface area (Å²) in [5.41, 5.74) is 1.57. The lowest BCUT2D eigenvalue weighted by molar-refractivity contribution is -0.0456. The lowest BCUT2D eigenvalue weighted by Gasteiger charge is -2.28. The van der Waals surface area contributed by atoms with E-state index >= 15 is 0 Å². The number of aromatic nitrogens is 1. The first-order chi connectivity index (χ1) is 10.9. The maximum absolute atomic E-state index is 13.3. The fourth-order valence-corrected chi connectivity index (χ4v) is 3.82. The van der Waals surface area contributed by atoms with Crippen molar-refractivity contribution < 1.29 is 13.5 Å². The average molecular weight is 405 g/mol. The van der Waals surface area contributed by atoms with Gasteiger partial charge in [0.05, 0.1) is 17.6 Å². The zero-order chi connectivity index (χ0) is 16.6. The Morgan fingerprint density at radius 1 is 1.35 bits per heavy atom. The number of alkyl halides is 2. The van der Waals surface area contributed by atoms with E-state index in [0.29, 0.717) is 30.2 Å². The number of fused-ring (bicyclic) bond motifs is 1. The van der Waals surface area contributed by atoms with Crippen LogP contribution in [0.1, 0.15) is 31.2 Å². The Labute approximate surface area is 147 Å². The number of pyridine rings is 1. The molecule has 0 atom stereocenters. The van der Waals surface area contributed by atoms with Gasteiger partial charge in [0.15, 0.2) is 0 Å². The lowest BCUT2D eigenvalue weighted by atomic mass is 9.83. The van der Waals surface area contributed by atoms with E-state index in [2.05, 4.69) is 20.9 Å². The van der Waals surface area contributed by atoms with Crippen LogP contribution in [-0.2, 0) is 6.42 Å². The van der Waals surface area contributed by atoms with Gasteiger partial charge in [-0.25, -0.2) is 13.8 Å². The maximum Gasteiger partial charge on any atom is 0.248 e. The first kappa shape index (κ1) is 16.9. The Balaban J connectivity index is 1.94. The number of hydrogen-bond acceptors (Lipinski definition) is 2. The summed E-state index contributed by atoms with van der Waals surface area (Å²) in [5.74, 6) is -1.84. The first-order valence-corrected chi connectivity index (χ1v) is 8.76. The number of methoxy groups -OCH3 is 1. The molecule has 0 aliphatic heterocycles. The SMILES string of the molecule is COc1nc2ccc(Br)cc2c(Cl)c1CC1CCC(F)(F)CC1. The van der Waals surface area contributed by atoms with Crippen LogP contribution >= 0.6 is 27.5 Å². The summed E-state index contributed by atoms with van der Waals surface area (Å²) >= 11 is 10.0. The van der Waals surface area contributed by atoms with E-state index in [4.69, 9.17) is 16.3 Å². The van der Waals surface area contributed by atoms with E-state index in [1.807, 2.05) is 18.2 Å². The molecule has 0 N–H and O–H groups in total. The molecule has 2 nitrogen and oxygen atoms in total. The molecule has 6 heteroatoms. The third-order valence-electron chi connectivity index (χ3n) is 4.46. The second-order valence-corrected chi connectivity index (χ2v) is 7.37. The highest BCUT2D eigenvalue weighted by Crippen LogP contribution is 2.41. The number of hydrogen-bond donors (Lipinski definition) is 0. The van der Waals surface area contributed by atoms with E-state index in [1.54, 1.807) is 7.11 Å². The van der Waals surface area contributed by atoms with Crippen molar-refractivity contribution in [3.63, 3.8) is 0 Å². The summed E-state index contributed by atoms with van der Waals surface area (Å²) in [4.78, 5) is 4.51. The molecular formula is C17H17BrClF2NO. The summed E-state index contributed by atoms with van der Waals surface area (Å²) < 4.78 is 33.0. The van der Waals surface area contributed by atoms with Gasteiger partial charge in [0.1, 0.15) is 0 Å². The Kier molecular flexibility index (Phi) is 4.79. The van der Waals surface area contributed by atoms with Crippen LogP contribution in [0, 0.1) is 5.92 Å². The Hall–Kier alpha value is -0.940. The molecular weight excluding hydrogens is 388 g/mol. The smallest absolute Gasteiger partial charge is 0.248 e. The predicted molar refractivity (Wildman–Crippen MR) is 91.6 cm³/mol. The van der Waals surface area contributed by atoms with Crippen LogP contribution in [0.5, 0.6) is 5.88 Å². The minimum absolute atomic E-state index is 0.0514. The largest absolute Gasteiger partial charge is 0.481 e. The first-order valence-electron chi connectivity index (χ1n) is 7.59. The van der Waals surface area contributed by atoms with Gasteiger partial charge in [-0.15, -0.1) is 0 Å². The standard InChI is InChI=1S/C17H17BrClF2NO/c1-23-16-13(8-10-4-6-17(20,21)7-5-10)15(19)12-9-11(18)2-3-14(12)22-16/h2-3,9-10H,4-8H2,1H3. The van der Waals surface area contributed by atoms with Gasteiger partial charge in [-0.2, -0.15) is 0 Å². The number of halogens is 4. The van der Waals surface area contributed by atoms with Gasteiger partial charge in [-0.05, 0) is 43.4 Å². The minimum Gasteiger partial charge on any atom is -0.481 e. The average Bonchev–Trinajstić information content (AvgIpc) is 2.52. The van der Waals surface area contributed by atoms with Crippen molar-refractivity contribution in [2.24, 2.45) is 5.92 Å². The van der Waals surface area contributed by atoms with Crippen LogP contribution in [-0.4, -0.2) is 18.0 Å². The summed E-state index contributed by atoms with van der Waals surface area (Å²) in [6.07, 6.45) is 1.52. The topological polar surface area (TPSA) is 22.1 Å². The summed E-state index contributed by atoms with van der Waals surface area (Å²) in [5, 5.41) is 1.45. The molecule has 0 amide bonds. The highest BCUT2D eigenvalue weighted by Gasteiger charge is 2.35. The van der Waals surface area contributed by atoms with Gasteiger partial charge in [-0.3, -0.25) is 0 Å². The van der Waals surface area contributed by atoms with Crippen LogP contribution in [0.4, 0.5) is 8.78 Å².